The lowest BCUT2D eigenvalue weighted by molar-refractivity contribution is -0.153. The van der Waals surface area contributed by atoms with Crippen LogP contribution in [-0.4, -0.2) is 38.9 Å². The van der Waals surface area contributed by atoms with Crippen LogP contribution in [0, 0.1) is 6.92 Å². The third-order valence-corrected chi connectivity index (χ3v) is 5.01. The minimum absolute atomic E-state index is 0.0518. The third kappa shape index (κ3) is 7.84. The van der Waals surface area contributed by atoms with Gasteiger partial charge in [-0.2, -0.15) is 13.2 Å². The second-order valence-corrected chi connectivity index (χ2v) is 7.95. The van der Waals surface area contributed by atoms with Gasteiger partial charge in [0.1, 0.15) is 0 Å². The molecule has 1 aromatic carbocycles. The quantitative estimate of drug-likeness (QED) is 0.485. The van der Waals surface area contributed by atoms with Crippen LogP contribution in [0.2, 0.25) is 0 Å². The number of aliphatic imine (C=N–C) groups is 1. The molecule has 0 fully saturated rings. The van der Waals surface area contributed by atoms with Crippen LogP contribution in [0.3, 0.4) is 0 Å². The van der Waals surface area contributed by atoms with E-state index in [1.165, 1.54) is 22.9 Å². The molecule has 9 heteroatoms. The van der Waals surface area contributed by atoms with Crippen molar-refractivity contribution in [2.45, 2.75) is 39.0 Å². The molecular weight excluding hydrogens is 403 g/mol. The third-order valence-electron chi connectivity index (χ3n) is 3.99. The molecule has 29 heavy (non-hydrogen) atoms. The topological polar surface area (TPSA) is 54.9 Å². The van der Waals surface area contributed by atoms with Crippen molar-refractivity contribution >= 4 is 17.3 Å². The minimum Gasteiger partial charge on any atom is -0.493 e. The number of thiophene rings is 1. The monoisotopic (exact) mass is 429 g/mol. The Kier molecular flexibility index (Phi) is 8.19. The Balaban J connectivity index is 1.91. The lowest BCUT2D eigenvalue weighted by atomic mass is 10.2. The Bertz CT molecular complexity index is 822. The first-order chi connectivity index (χ1) is 13.7. The number of nitrogens with one attached hydrogen (secondary N) is 2. The minimum atomic E-state index is -4.40. The van der Waals surface area contributed by atoms with Gasteiger partial charge in [-0.3, -0.25) is 4.99 Å². The van der Waals surface area contributed by atoms with Crippen molar-refractivity contribution in [3.63, 3.8) is 0 Å². The molecule has 2 rings (SSSR count). The zero-order valence-electron chi connectivity index (χ0n) is 16.9. The number of guanidine groups is 1. The number of aryl methyl sites for hydroxylation is 1. The van der Waals surface area contributed by atoms with Crippen LogP contribution < -0.4 is 20.1 Å². The molecule has 0 spiro atoms. The summed E-state index contributed by atoms with van der Waals surface area (Å²) in [6.45, 7) is 3.23. The van der Waals surface area contributed by atoms with Gasteiger partial charge in [0, 0.05) is 35.8 Å². The number of hydrogen-bond acceptors (Lipinski definition) is 4. The molecule has 2 N–H and O–H groups in total. The fraction of sp³-hybridized carbons (Fsp3) is 0.450. The number of hydrogen-bond donors (Lipinski definition) is 2. The van der Waals surface area contributed by atoms with Crippen LogP contribution >= 0.6 is 11.3 Å². The van der Waals surface area contributed by atoms with E-state index in [1.54, 1.807) is 30.5 Å². The van der Waals surface area contributed by atoms with Crippen molar-refractivity contribution in [3.8, 4) is 11.5 Å². The SMILES string of the molecule is CN=C(NCc1ccc(OCC(F)(F)F)c(OC)c1)NC(C)Cc1ccc(C)s1. The highest BCUT2D eigenvalue weighted by atomic mass is 32.1. The fourth-order valence-corrected chi connectivity index (χ4v) is 3.68. The molecule has 160 valence electrons. The maximum atomic E-state index is 12.4. The van der Waals surface area contributed by atoms with E-state index < -0.39 is 12.8 Å². The van der Waals surface area contributed by atoms with E-state index in [4.69, 9.17) is 9.47 Å². The molecule has 0 amide bonds. The second-order valence-electron chi connectivity index (χ2n) is 6.58. The summed E-state index contributed by atoms with van der Waals surface area (Å²) >= 11 is 1.78. The van der Waals surface area contributed by atoms with E-state index >= 15 is 0 Å². The van der Waals surface area contributed by atoms with Gasteiger partial charge in [-0.05, 0) is 43.7 Å². The van der Waals surface area contributed by atoms with Gasteiger partial charge < -0.3 is 20.1 Å². The van der Waals surface area contributed by atoms with Gasteiger partial charge in [-0.25, -0.2) is 0 Å². The second kappa shape index (κ2) is 10.4. The fourth-order valence-electron chi connectivity index (χ4n) is 2.66. The molecule has 0 saturated carbocycles. The van der Waals surface area contributed by atoms with E-state index in [1.807, 2.05) is 0 Å². The Morgan fingerprint density at radius 2 is 1.97 bits per heavy atom. The van der Waals surface area contributed by atoms with Crippen molar-refractivity contribution in [1.82, 2.24) is 10.6 Å². The summed E-state index contributed by atoms with van der Waals surface area (Å²) in [4.78, 5) is 6.81. The van der Waals surface area contributed by atoms with Crippen LogP contribution in [0.5, 0.6) is 11.5 Å². The van der Waals surface area contributed by atoms with Gasteiger partial charge in [0.05, 0.1) is 7.11 Å². The molecule has 1 unspecified atom stereocenters. The summed E-state index contributed by atoms with van der Waals surface area (Å²) in [5.74, 6) is 0.941. The number of halogens is 3. The van der Waals surface area contributed by atoms with Crippen molar-refractivity contribution in [2.24, 2.45) is 4.99 Å². The summed E-state index contributed by atoms with van der Waals surface area (Å²) in [5.41, 5.74) is 0.825. The molecule has 1 atom stereocenters. The van der Waals surface area contributed by atoms with Gasteiger partial charge in [0.2, 0.25) is 0 Å². The molecule has 0 bridgehead atoms. The zero-order valence-corrected chi connectivity index (χ0v) is 17.7. The van der Waals surface area contributed by atoms with Crippen molar-refractivity contribution in [3.05, 3.63) is 45.6 Å². The van der Waals surface area contributed by atoms with E-state index in [-0.39, 0.29) is 17.5 Å². The summed E-state index contributed by atoms with van der Waals surface area (Å²) in [6.07, 6.45) is -3.51. The standard InChI is InChI=1S/C20H26F3N3O2S/c1-13(9-16-7-5-14(2)29-16)26-19(24-3)25-11-15-6-8-17(18(10-15)27-4)28-12-20(21,22)23/h5-8,10,13H,9,11-12H2,1-4H3,(H2,24,25,26). The molecule has 0 aliphatic rings. The number of rotatable bonds is 8. The molecule has 0 saturated heterocycles. The zero-order chi connectivity index (χ0) is 21.4. The molecular formula is C20H26F3N3O2S. The molecule has 2 aromatic rings. The Hall–Kier alpha value is -2.42. The van der Waals surface area contributed by atoms with Gasteiger partial charge in [0.15, 0.2) is 24.1 Å². The highest BCUT2D eigenvalue weighted by Gasteiger charge is 2.29. The van der Waals surface area contributed by atoms with Crippen LogP contribution in [0.15, 0.2) is 35.3 Å². The van der Waals surface area contributed by atoms with Gasteiger partial charge in [0.25, 0.3) is 0 Å². The van der Waals surface area contributed by atoms with Crippen molar-refractivity contribution in [2.75, 3.05) is 20.8 Å². The average molecular weight is 430 g/mol. The highest BCUT2D eigenvalue weighted by Crippen LogP contribution is 2.29. The number of ether oxygens (including phenoxy) is 2. The number of nitrogens with zero attached hydrogens (tertiary/aromatic N) is 1. The summed E-state index contributed by atoms with van der Waals surface area (Å²) in [7, 11) is 3.08. The summed E-state index contributed by atoms with van der Waals surface area (Å²) in [5, 5.41) is 6.54. The number of methoxy groups -OCH3 is 1. The summed E-state index contributed by atoms with van der Waals surface area (Å²) < 4.78 is 47.0. The number of alkyl halides is 3. The molecule has 1 heterocycles. The lowest BCUT2D eigenvalue weighted by Gasteiger charge is -2.18. The predicted octanol–water partition coefficient (Wildman–Crippen LogP) is 4.30. The number of benzene rings is 1. The average Bonchev–Trinajstić information content (AvgIpc) is 3.07. The molecule has 1 aromatic heterocycles. The lowest BCUT2D eigenvalue weighted by Crippen LogP contribution is -2.42. The van der Waals surface area contributed by atoms with Crippen molar-refractivity contribution in [1.29, 1.82) is 0 Å². The first-order valence-corrected chi connectivity index (χ1v) is 9.90. The Morgan fingerprint density at radius 1 is 1.21 bits per heavy atom. The maximum absolute atomic E-state index is 12.4. The summed E-state index contributed by atoms with van der Waals surface area (Å²) in [6, 6.07) is 9.22. The van der Waals surface area contributed by atoms with E-state index in [0.29, 0.717) is 12.5 Å². The van der Waals surface area contributed by atoms with Crippen LogP contribution in [-0.2, 0) is 13.0 Å². The smallest absolute Gasteiger partial charge is 0.422 e. The van der Waals surface area contributed by atoms with E-state index in [0.717, 1.165) is 12.0 Å². The van der Waals surface area contributed by atoms with Gasteiger partial charge in [-0.1, -0.05) is 6.07 Å². The Labute approximate surface area is 172 Å². The largest absolute Gasteiger partial charge is 0.493 e. The molecule has 0 aliphatic carbocycles. The van der Waals surface area contributed by atoms with E-state index in [2.05, 4.69) is 41.6 Å². The van der Waals surface area contributed by atoms with Crippen molar-refractivity contribution < 1.29 is 22.6 Å². The first-order valence-electron chi connectivity index (χ1n) is 9.09. The maximum Gasteiger partial charge on any atom is 0.422 e. The van der Waals surface area contributed by atoms with E-state index in [9.17, 15) is 13.2 Å². The van der Waals surface area contributed by atoms with Gasteiger partial charge >= 0.3 is 6.18 Å². The molecule has 5 nitrogen and oxygen atoms in total. The normalized spacial score (nSPS) is 13.1. The van der Waals surface area contributed by atoms with Crippen LogP contribution in [0.4, 0.5) is 13.2 Å². The predicted molar refractivity (Wildman–Crippen MR) is 110 cm³/mol. The molecule has 0 aliphatic heterocycles. The molecule has 0 radical (unpaired) electrons. The highest BCUT2D eigenvalue weighted by molar-refractivity contribution is 7.11. The van der Waals surface area contributed by atoms with Crippen LogP contribution in [0.25, 0.3) is 0 Å². The van der Waals surface area contributed by atoms with Crippen LogP contribution in [0.1, 0.15) is 22.2 Å². The first kappa shape index (κ1) is 22.9. The Morgan fingerprint density at radius 3 is 2.55 bits per heavy atom. The van der Waals surface area contributed by atoms with Gasteiger partial charge in [-0.15, -0.1) is 11.3 Å².